The fraction of sp³-hybridized carbons (Fsp3) is 0.692. The van der Waals surface area contributed by atoms with Crippen molar-refractivity contribution in [1.29, 1.82) is 0 Å². The minimum atomic E-state index is 0.410. The van der Waals surface area contributed by atoms with Crippen LogP contribution >= 0.6 is 0 Å². The van der Waals surface area contributed by atoms with E-state index in [1.54, 1.807) is 6.26 Å². The van der Waals surface area contributed by atoms with Crippen LogP contribution in [-0.2, 0) is 6.54 Å². The van der Waals surface area contributed by atoms with Gasteiger partial charge in [-0.25, -0.2) is 0 Å². The molecule has 0 radical (unpaired) electrons. The Kier molecular flexibility index (Phi) is 3.66. The fourth-order valence-electron chi connectivity index (χ4n) is 2.07. The molecule has 1 fully saturated rings. The van der Waals surface area contributed by atoms with Crippen LogP contribution in [-0.4, -0.2) is 24.5 Å². The summed E-state index contributed by atoms with van der Waals surface area (Å²) in [6, 6.07) is 2.46. The summed E-state index contributed by atoms with van der Waals surface area (Å²) in [5.41, 5.74) is 7.37. The predicted octanol–water partition coefficient (Wildman–Crippen LogP) is 2.15. The molecule has 3 nitrogen and oxygen atoms in total. The molecule has 2 rings (SSSR count). The third-order valence-corrected chi connectivity index (χ3v) is 3.48. The second kappa shape index (κ2) is 5.02. The van der Waals surface area contributed by atoms with Crippen LogP contribution in [0.25, 0.3) is 0 Å². The molecule has 1 atom stereocenters. The molecule has 2 N–H and O–H groups in total. The predicted molar refractivity (Wildman–Crippen MR) is 65.1 cm³/mol. The Balaban J connectivity index is 1.71. The second-order valence-corrected chi connectivity index (χ2v) is 5.03. The van der Waals surface area contributed by atoms with Crippen molar-refractivity contribution < 1.29 is 4.42 Å². The molecule has 16 heavy (non-hydrogen) atoms. The lowest BCUT2D eigenvalue weighted by Gasteiger charge is -2.18. The van der Waals surface area contributed by atoms with Crippen molar-refractivity contribution in [3.8, 4) is 0 Å². The first-order valence-corrected chi connectivity index (χ1v) is 6.14. The number of nitrogens with two attached hydrogens (primary N) is 1. The van der Waals surface area contributed by atoms with E-state index < -0.39 is 0 Å². The molecule has 0 aliphatic heterocycles. The van der Waals surface area contributed by atoms with E-state index in [0.29, 0.717) is 6.04 Å². The minimum absolute atomic E-state index is 0.410. The minimum Gasteiger partial charge on any atom is -0.469 e. The molecule has 0 spiro atoms. The molecule has 1 aliphatic carbocycles. The first-order valence-electron chi connectivity index (χ1n) is 6.14. The van der Waals surface area contributed by atoms with Gasteiger partial charge >= 0.3 is 0 Å². The molecule has 1 saturated carbocycles. The van der Waals surface area contributed by atoms with Crippen molar-refractivity contribution in [1.82, 2.24) is 4.90 Å². The van der Waals surface area contributed by atoms with Gasteiger partial charge in [0.15, 0.2) is 0 Å². The van der Waals surface area contributed by atoms with Crippen LogP contribution < -0.4 is 5.73 Å². The van der Waals surface area contributed by atoms with Gasteiger partial charge in [-0.1, -0.05) is 0 Å². The van der Waals surface area contributed by atoms with Crippen LogP contribution in [0.3, 0.4) is 0 Å². The highest BCUT2D eigenvalue weighted by atomic mass is 16.3. The zero-order chi connectivity index (χ0) is 11.5. The van der Waals surface area contributed by atoms with Crippen molar-refractivity contribution in [3.63, 3.8) is 0 Å². The molecule has 0 bridgehead atoms. The molecule has 1 unspecified atom stereocenters. The van der Waals surface area contributed by atoms with Crippen molar-refractivity contribution in [2.45, 2.75) is 38.8 Å². The summed E-state index contributed by atoms with van der Waals surface area (Å²) in [6.07, 6.45) is 5.55. The van der Waals surface area contributed by atoms with Gasteiger partial charge in [0.1, 0.15) is 5.76 Å². The maximum absolute atomic E-state index is 6.09. The van der Waals surface area contributed by atoms with E-state index in [0.717, 1.165) is 31.2 Å². The maximum atomic E-state index is 6.09. The van der Waals surface area contributed by atoms with Gasteiger partial charge in [-0.3, -0.25) is 0 Å². The molecular weight excluding hydrogens is 200 g/mol. The second-order valence-electron chi connectivity index (χ2n) is 5.03. The summed E-state index contributed by atoms with van der Waals surface area (Å²) in [6.45, 7) is 4.04. The van der Waals surface area contributed by atoms with Gasteiger partial charge in [-0.05, 0) is 51.8 Å². The van der Waals surface area contributed by atoms with Crippen LogP contribution in [0.2, 0.25) is 0 Å². The van der Waals surface area contributed by atoms with Crippen molar-refractivity contribution in [2.75, 3.05) is 13.6 Å². The topological polar surface area (TPSA) is 42.4 Å². The normalized spacial score (nSPS) is 18.0. The summed E-state index contributed by atoms with van der Waals surface area (Å²) in [5, 5.41) is 0. The molecule has 1 aromatic rings. The van der Waals surface area contributed by atoms with Crippen LogP contribution in [0.1, 0.15) is 30.6 Å². The third kappa shape index (κ3) is 3.09. The van der Waals surface area contributed by atoms with Gasteiger partial charge in [0.05, 0.1) is 6.26 Å². The van der Waals surface area contributed by atoms with Gasteiger partial charge in [0.25, 0.3) is 0 Å². The Morgan fingerprint density at radius 3 is 2.88 bits per heavy atom. The zero-order valence-corrected chi connectivity index (χ0v) is 10.3. The van der Waals surface area contributed by atoms with Gasteiger partial charge < -0.3 is 15.1 Å². The lowest BCUT2D eigenvalue weighted by Crippen LogP contribution is -2.29. The monoisotopic (exact) mass is 222 g/mol. The van der Waals surface area contributed by atoms with E-state index in [2.05, 4.69) is 11.9 Å². The number of hydrogen-bond acceptors (Lipinski definition) is 3. The Labute approximate surface area is 97.6 Å². The molecule has 1 heterocycles. The van der Waals surface area contributed by atoms with E-state index in [1.165, 1.54) is 18.4 Å². The molecule has 1 aromatic heterocycles. The lowest BCUT2D eigenvalue weighted by molar-refractivity contribution is 0.303. The van der Waals surface area contributed by atoms with E-state index in [-0.39, 0.29) is 0 Å². The highest BCUT2D eigenvalue weighted by Crippen LogP contribution is 2.32. The Bertz CT molecular complexity index is 330. The molecule has 0 aromatic carbocycles. The van der Waals surface area contributed by atoms with Crippen molar-refractivity contribution in [3.05, 3.63) is 23.7 Å². The highest BCUT2D eigenvalue weighted by Gasteiger charge is 2.28. The lowest BCUT2D eigenvalue weighted by atomic mass is 10.1. The van der Waals surface area contributed by atoms with Crippen LogP contribution in [0, 0.1) is 12.8 Å². The fourth-order valence-corrected chi connectivity index (χ4v) is 2.07. The molecule has 3 heteroatoms. The quantitative estimate of drug-likeness (QED) is 0.802. The van der Waals surface area contributed by atoms with E-state index in [4.69, 9.17) is 10.2 Å². The van der Waals surface area contributed by atoms with Gasteiger partial charge in [-0.2, -0.15) is 0 Å². The summed E-state index contributed by atoms with van der Waals surface area (Å²) in [5.74, 6) is 1.84. The zero-order valence-electron chi connectivity index (χ0n) is 10.3. The first kappa shape index (κ1) is 11.7. The summed E-state index contributed by atoms with van der Waals surface area (Å²) < 4.78 is 5.29. The average molecular weight is 222 g/mol. The number of hydrogen-bond donors (Lipinski definition) is 1. The SMILES string of the molecule is Cc1occc1CN(C)CCC(N)C1CC1. The van der Waals surface area contributed by atoms with Gasteiger partial charge in [-0.15, -0.1) is 0 Å². The maximum Gasteiger partial charge on any atom is 0.105 e. The highest BCUT2D eigenvalue weighted by molar-refractivity contribution is 5.14. The van der Waals surface area contributed by atoms with E-state index in [9.17, 15) is 0 Å². The van der Waals surface area contributed by atoms with Gasteiger partial charge in [0, 0.05) is 18.2 Å². The standard InChI is InChI=1S/C13H22N2O/c1-10-12(6-8-16-10)9-15(2)7-5-13(14)11-3-4-11/h6,8,11,13H,3-5,7,9,14H2,1-2H3. The third-order valence-electron chi connectivity index (χ3n) is 3.48. The van der Waals surface area contributed by atoms with E-state index >= 15 is 0 Å². The number of nitrogens with zero attached hydrogens (tertiary/aromatic N) is 1. The van der Waals surface area contributed by atoms with Gasteiger partial charge in [0.2, 0.25) is 0 Å². The molecule has 0 saturated heterocycles. The Hall–Kier alpha value is -0.800. The smallest absolute Gasteiger partial charge is 0.105 e. The van der Waals surface area contributed by atoms with Crippen LogP contribution in [0.15, 0.2) is 16.7 Å². The van der Waals surface area contributed by atoms with E-state index in [1.807, 2.05) is 13.0 Å². The molecular formula is C13H22N2O. The average Bonchev–Trinajstić information content (AvgIpc) is 3.02. The number of rotatable bonds is 6. The van der Waals surface area contributed by atoms with Crippen molar-refractivity contribution in [2.24, 2.45) is 11.7 Å². The largest absolute Gasteiger partial charge is 0.469 e. The summed E-state index contributed by atoms with van der Waals surface area (Å²) in [4.78, 5) is 2.32. The first-order chi connectivity index (χ1) is 7.66. The number of furan rings is 1. The Morgan fingerprint density at radius 1 is 1.56 bits per heavy atom. The molecule has 1 aliphatic rings. The van der Waals surface area contributed by atoms with Crippen molar-refractivity contribution >= 4 is 0 Å². The Morgan fingerprint density at radius 2 is 2.31 bits per heavy atom. The summed E-state index contributed by atoms with van der Waals surface area (Å²) >= 11 is 0. The molecule has 0 amide bonds. The molecule has 90 valence electrons. The van der Waals surface area contributed by atoms with Crippen LogP contribution in [0.4, 0.5) is 0 Å². The summed E-state index contributed by atoms with van der Waals surface area (Å²) in [7, 11) is 2.14. The number of aryl methyl sites for hydroxylation is 1. The van der Waals surface area contributed by atoms with Crippen LogP contribution in [0.5, 0.6) is 0 Å².